The maximum absolute atomic E-state index is 14.2. The second-order valence-corrected chi connectivity index (χ2v) is 5.37. The number of benzene rings is 1. The summed E-state index contributed by atoms with van der Waals surface area (Å²) in [5.74, 6) is -1.49. The van der Waals surface area contributed by atoms with Crippen molar-refractivity contribution in [3.05, 3.63) is 22.5 Å². The smallest absolute Gasteiger partial charge is 0.164 e. The molecule has 3 nitrogen and oxygen atoms in total. The van der Waals surface area contributed by atoms with Crippen molar-refractivity contribution >= 4 is 11.6 Å². The molecule has 1 fully saturated rings. The fraction of sp³-hybridized carbons (Fsp3) is 0.538. The van der Waals surface area contributed by atoms with Crippen LogP contribution >= 0.6 is 11.6 Å². The molecule has 1 aromatic carbocycles. The average Bonchev–Trinajstić information content (AvgIpc) is 2.38. The molecule has 0 atom stereocenters. The van der Waals surface area contributed by atoms with E-state index >= 15 is 0 Å². The van der Waals surface area contributed by atoms with Crippen molar-refractivity contribution in [3.63, 3.8) is 0 Å². The molecular formula is C13H17ClFNO2. The quantitative estimate of drug-likeness (QED) is 0.726. The van der Waals surface area contributed by atoms with E-state index < -0.39 is 22.7 Å². The van der Waals surface area contributed by atoms with E-state index in [-0.39, 0.29) is 17.1 Å². The van der Waals surface area contributed by atoms with Gasteiger partial charge in [0.05, 0.1) is 5.02 Å². The van der Waals surface area contributed by atoms with Gasteiger partial charge in [0, 0.05) is 23.6 Å². The molecule has 1 aliphatic rings. The maximum Gasteiger partial charge on any atom is 0.164 e. The number of hydrogen-bond donors (Lipinski definition) is 3. The SMILES string of the molecule is NCC1(c2c(O)c(O)cc(Cl)c2F)CCCCC1. The summed E-state index contributed by atoms with van der Waals surface area (Å²) < 4.78 is 14.2. The minimum atomic E-state index is -0.667. The molecule has 18 heavy (non-hydrogen) atoms. The van der Waals surface area contributed by atoms with E-state index in [0.717, 1.165) is 25.3 Å². The molecule has 1 saturated carbocycles. The highest BCUT2D eigenvalue weighted by atomic mass is 35.5. The summed E-state index contributed by atoms with van der Waals surface area (Å²) in [4.78, 5) is 0. The molecule has 0 amide bonds. The molecule has 1 aromatic rings. The number of phenols is 2. The largest absolute Gasteiger partial charge is 0.504 e. The Bertz CT molecular complexity index is 433. The summed E-state index contributed by atoms with van der Waals surface area (Å²) in [5, 5.41) is 19.4. The summed E-state index contributed by atoms with van der Waals surface area (Å²) in [6, 6.07) is 1.02. The lowest BCUT2D eigenvalue weighted by Crippen LogP contribution is -2.38. The lowest BCUT2D eigenvalue weighted by molar-refractivity contribution is 0.276. The van der Waals surface area contributed by atoms with Gasteiger partial charge in [-0.1, -0.05) is 30.9 Å². The van der Waals surface area contributed by atoms with E-state index in [1.807, 2.05) is 0 Å². The molecule has 0 aliphatic heterocycles. The van der Waals surface area contributed by atoms with Crippen LogP contribution in [-0.4, -0.2) is 16.8 Å². The Balaban J connectivity index is 2.61. The minimum absolute atomic E-state index is 0.0784. The van der Waals surface area contributed by atoms with Crippen LogP contribution in [0.15, 0.2) is 6.07 Å². The Morgan fingerprint density at radius 3 is 2.44 bits per heavy atom. The van der Waals surface area contributed by atoms with Gasteiger partial charge in [-0.3, -0.25) is 0 Å². The Hall–Kier alpha value is -1.00. The number of rotatable bonds is 2. The van der Waals surface area contributed by atoms with Crippen LogP contribution in [-0.2, 0) is 5.41 Å². The second kappa shape index (κ2) is 4.94. The Labute approximate surface area is 110 Å². The van der Waals surface area contributed by atoms with Gasteiger partial charge in [0.25, 0.3) is 0 Å². The predicted octanol–water partition coefficient (Wildman–Crippen LogP) is 3.05. The highest BCUT2D eigenvalue weighted by Crippen LogP contribution is 2.48. The molecule has 1 aliphatic carbocycles. The molecule has 0 aromatic heterocycles. The van der Waals surface area contributed by atoms with Gasteiger partial charge in [-0.25, -0.2) is 4.39 Å². The molecule has 0 heterocycles. The van der Waals surface area contributed by atoms with Gasteiger partial charge in [-0.15, -0.1) is 0 Å². The van der Waals surface area contributed by atoms with Crippen LogP contribution in [0.4, 0.5) is 4.39 Å². The van der Waals surface area contributed by atoms with Gasteiger partial charge >= 0.3 is 0 Å². The predicted molar refractivity (Wildman–Crippen MR) is 68.6 cm³/mol. The first-order valence-corrected chi connectivity index (χ1v) is 6.50. The van der Waals surface area contributed by atoms with Crippen LogP contribution < -0.4 is 5.73 Å². The van der Waals surface area contributed by atoms with Crippen LogP contribution in [0.3, 0.4) is 0 Å². The van der Waals surface area contributed by atoms with E-state index in [0.29, 0.717) is 12.8 Å². The number of phenolic OH excluding ortho intramolecular Hbond substituents is 2. The van der Waals surface area contributed by atoms with Crippen molar-refractivity contribution in [2.45, 2.75) is 37.5 Å². The molecule has 0 spiro atoms. The van der Waals surface area contributed by atoms with E-state index in [2.05, 4.69) is 0 Å². The number of nitrogens with two attached hydrogens (primary N) is 1. The highest BCUT2D eigenvalue weighted by Gasteiger charge is 2.38. The molecule has 2 rings (SSSR count). The van der Waals surface area contributed by atoms with Gasteiger partial charge in [-0.05, 0) is 12.8 Å². The summed E-state index contributed by atoms with van der Waals surface area (Å²) in [7, 11) is 0. The molecule has 5 heteroatoms. The third-order valence-corrected chi connectivity index (χ3v) is 4.18. The van der Waals surface area contributed by atoms with Crippen molar-refractivity contribution in [1.29, 1.82) is 0 Å². The highest BCUT2D eigenvalue weighted by molar-refractivity contribution is 6.31. The average molecular weight is 274 g/mol. The zero-order chi connectivity index (χ0) is 13.3. The Morgan fingerprint density at radius 2 is 1.89 bits per heavy atom. The molecule has 0 radical (unpaired) electrons. The lowest BCUT2D eigenvalue weighted by Gasteiger charge is -2.37. The number of aromatic hydroxyl groups is 2. The molecular weight excluding hydrogens is 257 g/mol. The zero-order valence-corrected chi connectivity index (χ0v) is 10.8. The van der Waals surface area contributed by atoms with Crippen LogP contribution in [0, 0.1) is 5.82 Å². The van der Waals surface area contributed by atoms with Gasteiger partial charge < -0.3 is 15.9 Å². The van der Waals surface area contributed by atoms with E-state index in [1.54, 1.807) is 0 Å². The van der Waals surface area contributed by atoms with Crippen molar-refractivity contribution < 1.29 is 14.6 Å². The van der Waals surface area contributed by atoms with E-state index in [4.69, 9.17) is 17.3 Å². The fourth-order valence-electron chi connectivity index (χ4n) is 2.87. The summed E-state index contributed by atoms with van der Waals surface area (Å²) in [6.45, 7) is 0.233. The molecule has 0 unspecified atom stereocenters. The first-order valence-electron chi connectivity index (χ1n) is 6.12. The first-order chi connectivity index (χ1) is 8.52. The molecule has 0 saturated heterocycles. The summed E-state index contributed by atoms with van der Waals surface area (Å²) in [6.07, 6.45) is 4.35. The Kier molecular flexibility index (Phi) is 3.69. The zero-order valence-electron chi connectivity index (χ0n) is 10.0. The number of hydrogen-bond acceptors (Lipinski definition) is 3. The topological polar surface area (TPSA) is 66.5 Å². The van der Waals surface area contributed by atoms with E-state index in [1.165, 1.54) is 0 Å². The molecule has 100 valence electrons. The Morgan fingerprint density at radius 1 is 1.28 bits per heavy atom. The maximum atomic E-state index is 14.2. The number of halogens is 2. The standard InChI is InChI=1S/C13H17ClFNO2/c14-8-6-9(17)12(18)10(11(8)15)13(7-16)4-2-1-3-5-13/h6,17-18H,1-5,7,16H2. The van der Waals surface area contributed by atoms with Crippen LogP contribution in [0.25, 0.3) is 0 Å². The molecule has 0 bridgehead atoms. The van der Waals surface area contributed by atoms with Crippen molar-refractivity contribution in [3.8, 4) is 11.5 Å². The van der Waals surface area contributed by atoms with Crippen molar-refractivity contribution in [2.24, 2.45) is 5.73 Å². The lowest BCUT2D eigenvalue weighted by atomic mass is 9.69. The molecule has 4 N–H and O–H groups in total. The monoisotopic (exact) mass is 273 g/mol. The van der Waals surface area contributed by atoms with Crippen molar-refractivity contribution in [2.75, 3.05) is 6.54 Å². The summed E-state index contributed by atoms with van der Waals surface area (Å²) in [5.41, 5.74) is 5.27. The third kappa shape index (κ3) is 2.04. The van der Waals surface area contributed by atoms with Gasteiger partial charge in [0.15, 0.2) is 11.5 Å². The summed E-state index contributed by atoms with van der Waals surface area (Å²) >= 11 is 5.74. The normalized spacial score (nSPS) is 18.8. The minimum Gasteiger partial charge on any atom is -0.504 e. The third-order valence-electron chi connectivity index (χ3n) is 3.90. The van der Waals surface area contributed by atoms with Gasteiger partial charge in [-0.2, -0.15) is 0 Å². The van der Waals surface area contributed by atoms with Crippen LogP contribution in [0.2, 0.25) is 5.02 Å². The van der Waals surface area contributed by atoms with Crippen LogP contribution in [0.1, 0.15) is 37.7 Å². The van der Waals surface area contributed by atoms with Gasteiger partial charge in [0.2, 0.25) is 0 Å². The van der Waals surface area contributed by atoms with Crippen LogP contribution in [0.5, 0.6) is 11.5 Å². The fourth-order valence-corrected chi connectivity index (χ4v) is 3.07. The second-order valence-electron chi connectivity index (χ2n) is 4.96. The first kappa shape index (κ1) is 13.4. The van der Waals surface area contributed by atoms with E-state index in [9.17, 15) is 14.6 Å². The van der Waals surface area contributed by atoms with Gasteiger partial charge in [0.1, 0.15) is 5.82 Å². The van der Waals surface area contributed by atoms with Crippen molar-refractivity contribution in [1.82, 2.24) is 0 Å².